The molecule has 4 rings (SSSR count). The second-order valence-electron chi connectivity index (χ2n) is 8.49. The first kappa shape index (κ1) is 24.0. The molecule has 1 unspecified atom stereocenters. The number of nitrogens with zero attached hydrogens (tertiary/aromatic N) is 4. The van der Waals surface area contributed by atoms with Gasteiger partial charge in [-0.25, -0.2) is 9.67 Å². The van der Waals surface area contributed by atoms with E-state index in [1.165, 1.54) is 31.2 Å². The van der Waals surface area contributed by atoms with Gasteiger partial charge in [-0.2, -0.15) is 5.10 Å². The Bertz CT molecular complexity index is 847. The summed E-state index contributed by atoms with van der Waals surface area (Å²) >= 11 is 0. The van der Waals surface area contributed by atoms with Crippen molar-refractivity contribution in [1.29, 1.82) is 0 Å². The monoisotopic (exact) mass is 538 g/mol. The lowest BCUT2D eigenvalue weighted by molar-refractivity contribution is 0.177. The van der Waals surface area contributed by atoms with Crippen molar-refractivity contribution >= 4 is 29.9 Å². The third kappa shape index (κ3) is 5.77. The molecular formula is C23H35IN6O. The van der Waals surface area contributed by atoms with Crippen molar-refractivity contribution < 1.29 is 4.74 Å². The predicted molar refractivity (Wildman–Crippen MR) is 134 cm³/mol. The van der Waals surface area contributed by atoms with Crippen LogP contribution in [0.2, 0.25) is 0 Å². The van der Waals surface area contributed by atoms with Crippen LogP contribution in [-0.2, 0) is 29.7 Å². The Balaban J connectivity index is 0.00000272. The van der Waals surface area contributed by atoms with Crippen LogP contribution in [0.4, 0.5) is 0 Å². The molecule has 31 heavy (non-hydrogen) atoms. The van der Waals surface area contributed by atoms with Crippen molar-refractivity contribution in [2.75, 3.05) is 20.2 Å². The molecule has 2 aliphatic rings. The fraction of sp³-hybridized carbons (Fsp3) is 0.609. The number of rotatable bonds is 7. The smallest absolute Gasteiger partial charge is 0.191 e. The Kier molecular flexibility index (Phi) is 8.71. The van der Waals surface area contributed by atoms with Crippen molar-refractivity contribution in [3.63, 3.8) is 0 Å². The van der Waals surface area contributed by atoms with Gasteiger partial charge in [-0.05, 0) is 31.7 Å². The highest BCUT2D eigenvalue weighted by atomic mass is 127. The first-order valence-electron chi connectivity index (χ1n) is 11.2. The SMILES string of the molecule is CCNC(=NCC1(c2ccccc2)CCCC1)NC1CCc2nc(COC)nn2C1.I. The summed E-state index contributed by atoms with van der Waals surface area (Å²) in [4.78, 5) is 9.63. The average molecular weight is 538 g/mol. The molecule has 2 N–H and O–H groups in total. The fourth-order valence-electron chi connectivity index (χ4n) is 4.79. The summed E-state index contributed by atoms with van der Waals surface area (Å²) < 4.78 is 7.19. The quantitative estimate of drug-likeness (QED) is 0.321. The molecule has 0 bridgehead atoms. The van der Waals surface area contributed by atoms with Crippen LogP contribution < -0.4 is 10.6 Å². The minimum absolute atomic E-state index is 0. The third-order valence-corrected chi connectivity index (χ3v) is 6.35. The van der Waals surface area contributed by atoms with Gasteiger partial charge in [0, 0.05) is 31.5 Å². The van der Waals surface area contributed by atoms with Crippen molar-refractivity contribution in [2.45, 2.75) is 70.1 Å². The number of aliphatic imine (C=N–C) groups is 1. The van der Waals surface area contributed by atoms with E-state index in [1.807, 2.05) is 4.68 Å². The van der Waals surface area contributed by atoms with Gasteiger partial charge in [0.1, 0.15) is 12.4 Å². The molecule has 8 heteroatoms. The van der Waals surface area contributed by atoms with Gasteiger partial charge in [-0.15, -0.1) is 24.0 Å². The van der Waals surface area contributed by atoms with E-state index in [-0.39, 0.29) is 29.4 Å². The standard InChI is InChI=1S/C23H34N6O.HI/c1-3-24-22(25-17-23(13-7-8-14-23)18-9-5-4-6-10-18)26-19-11-12-21-27-20(16-30-2)28-29(21)15-19;/h4-6,9-10,19H,3,7-8,11-17H2,1-2H3,(H2,24,25,26);1H. The number of hydrogen-bond donors (Lipinski definition) is 2. The van der Waals surface area contributed by atoms with Crippen LogP contribution in [0.1, 0.15) is 56.2 Å². The zero-order valence-electron chi connectivity index (χ0n) is 18.6. The fourth-order valence-corrected chi connectivity index (χ4v) is 4.79. The van der Waals surface area contributed by atoms with E-state index in [4.69, 9.17) is 9.73 Å². The lowest BCUT2D eigenvalue weighted by Crippen LogP contribution is -2.47. The van der Waals surface area contributed by atoms with Gasteiger partial charge in [0.05, 0.1) is 13.1 Å². The molecule has 1 aliphatic carbocycles. The van der Waals surface area contributed by atoms with Crippen molar-refractivity contribution in [2.24, 2.45) is 4.99 Å². The second kappa shape index (κ2) is 11.3. The molecule has 0 spiro atoms. The molecule has 1 aromatic heterocycles. The largest absolute Gasteiger partial charge is 0.377 e. The van der Waals surface area contributed by atoms with E-state index >= 15 is 0 Å². The van der Waals surface area contributed by atoms with Crippen molar-refractivity contribution in [3.8, 4) is 0 Å². The highest BCUT2D eigenvalue weighted by molar-refractivity contribution is 14.0. The van der Waals surface area contributed by atoms with Crippen LogP contribution in [0.5, 0.6) is 0 Å². The first-order valence-corrected chi connectivity index (χ1v) is 11.2. The van der Waals surface area contributed by atoms with E-state index in [2.05, 4.69) is 58.0 Å². The molecule has 0 saturated heterocycles. The number of nitrogens with one attached hydrogen (secondary N) is 2. The number of methoxy groups -OCH3 is 1. The van der Waals surface area contributed by atoms with Gasteiger partial charge in [0.15, 0.2) is 11.8 Å². The second-order valence-corrected chi connectivity index (χ2v) is 8.49. The third-order valence-electron chi connectivity index (χ3n) is 6.35. The lowest BCUT2D eigenvalue weighted by Gasteiger charge is -2.29. The van der Waals surface area contributed by atoms with E-state index in [1.54, 1.807) is 7.11 Å². The van der Waals surface area contributed by atoms with Crippen LogP contribution in [0.3, 0.4) is 0 Å². The zero-order valence-corrected chi connectivity index (χ0v) is 21.0. The van der Waals surface area contributed by atoms with Crippen LogP contribution >= 0.6 is 24.0 Å². The molecule has 1 saturated carbocycles. The maximum atomic E-state index is 5.17. The Hall–Kier alpha value is -1.68. The summed E-state index contributed by atoms with van der Waals surface area (Å²) in [6.45, 7) is 5.06. The predicted octanol–water partition coefficient (Wildman–Crippen LogP) is 3.42. The molecular weight excluding hydrogens is 503 g/mol. The molecule has 1 aromatic carbocycles. The average Bonchev–Trinajstić information content (AvgIpc) is 3.40. The van der Waals surface area contributed by atoms with E-state index in [9.17, 15) is 0 Å². The maximum Gasteiger partial charge on any atom is 0.191 e. The summed E-state index contributed by atoms with van der Waals surface area (Å²) in [6, 6.07) is 11.2. The molecule has 170 valence electrons. The van der Waals surface area contributed by atoms with Crippen LogP contribution in [-0.4, -0.2) is 47.0 Å². The number of benzene rings is 1. The lowest BCUT2D eigenvalue weighted by atomic mass is 9.79. The highest BCUT2D eigenvalue weighted by Gasteiger charge is 2.35. The maximum absolute atomic E-state index is 5.17. The van der Waals surface area contributed by atoms with Crippen LogP contribution in [0.25, 0.3) is 0 Å². The Morgan fingerprint density at radius 1 is 1.26 bits per heavy atom. The molecule has 2 heterocycles. The normalized spacial score (nSPS) is 20.1. The van der Waals surface area contributed by atoms with E-state index in [0.29, 0.717) is 12.6 Å². The molecule has 1 aliphatic heterocycles. The summed E-state index contributed by atoms with van der Waals surface area (Å²) in [6.07, 6.45) is 6.95. The van der Waals surface area contributed by atoms with Gasteiger partial charge >= 0.3 is 0 Å². The summed E-state index contributed by atoms with van der Waals surface area (Å²) in [7, 11) is 1.68. The van der Waals surface area contributed by atoms with Crippen molar-refractivity contribution in [3.05, 3.63) is 47.5 Å². The van der Waals surface area contributed by atoms with E-state index in [0.717, 1.165) is 50.1 Å². The number of hydrogen-bond acceptors (Lipinski definition) is 4. The minimum Gasteiger partial charge on any atom is -0.377 e. The van der Waals surface area contributed by atoms with Gasteiger partial charge in [-0.3, -0.25) is 4.99 Å². The summed E-state index contributed by atoms with van der Waals surface area (Å²) in [5.74, 6) is 2.72. The van der Waals surface area contributed by atoms with Crippen LogP contribution in [0.15, 0.2) is 35.3 Å². The summed E-state index contributed by atoms with van der Waals surface area (Å²) in [5, 5.41) is 11.7. The molecule has 1 atom stereocenters. The van der Waals surface area contributed by atoms with Gasteiger partial charge < -0.3 is 15.4 Å². The number of aryl methyl sites for hydroxylation is 1. The number of halogens is 1. The summed E-state index contributed by atoms with van der Waals surface area (Å²) in [5.41, 5.74) is 1.60. The Morgan fingerprint density at radius 3 is 2.74 bits per heavy atom. The topological polar surface area (TPSA) is 76.4 Å². The number of fused-ring (bicyclic) bond motifs is 1. The van der Waals surface area contributed by atoms with Crippen LogP contribution in [0, 0.1) is 0 Å². The van der Waals surface area contributed by atoms with Gasteiger partial charge in [0.25, 0.3) is 0 Å². The Labute approximate surface area is 202 Å². The Morgan fingerprint density at radius 2 is 2.03 bits per heavy atom. The number of ether oxygens (including phenoxy) is 1. The molecule has 0 amide bonds. The molecule has 7 nitrogen and oxygen atoms in total. The molecule has 0 radical (unpaired) electrons. The zero-order chi connectivity index (χ0) is 20.8. The molecule has 2 aromatic rings. The minimum atomic E-state index is 0. The number of aromatic nitrogens is 3. The number of guanidine groups is 1. The van der Waals surface area contributed by atoms with E-state index < -0.39 is 0 Å². The van der Waals surface area contributed by atoms with Crippen molar-refractivity contribution in [1.82, 2.24) is 25.4 Å². The molecule has 1 fully saturated rings. The first-order chi connectivity index (χ1) is 14.7. The van der Waals surface area contributed by atoms with Gasteiger partial charge in [0.2, 0.25) is 0 Å². The van der Waals surface area contributed by atoms with Gasteiger partial charge in [-0.1, -0.05) is 43.2 Å². The highest BCUT2D eigenvalue weighted by Crippen LogP contribution is 2.41.